The first-order valence-corrected chi connectivity index (χ1v) is 10.5. The molecule has 1 N–H and O–H groups in total. The number of methoxy groups -OCH3 is 1. The summed E-state index contributed by atoms with van der Waals surface area (Å²) < 4.78 is 17.9. The second-order valence-electron chi connectivity index (χ2n) is 6.67. The van der Waals surface area contributed by atoms with Gasteiger partial charge in [0.2, 0.25) is 5.91 Å². The highest BCUT2D eigenvalue weighted by Gasteiger charge is 2.20. The van der Waals surface area contributed by atoms with E-state index in [2.05, 4.69) is 10.3 Å². The van der Waals surface area contributed by atoms with Crippen LogP contribution in [0.25, 0.3) is 0 Å². The lowest BCUT2D eigenvalue weighted by atomic mass is 10.0. The number of ether oxygens (including phenoxy) is 1. The van der Waals surface area contributed by atoms with Crippen LogP contribution in [0.1, 0.15) is 34.3 Å². The normalized spacial score (nSPS) is 11.7. The largest absolute Gasteiger partial charge is 0.469 e. The fourth-order valence-electron chi connectivity index (χ4n) is 2.94. The van der Waals surface area contributed by atoms with Gasteiger partial charge in [-0.2, -0.15) is 0 Å². The van der Waals surface area contributed by atoms with Crippen molar-refractivity contribution in [1.82, 2.24) is 10.3 Å². The highest BCUT2D eigenvalue weighted by Crippen LogP contribution is 2.20. The van der Waals surface area contributed by atoms with Crippen LogP contribution in [0.5, 0.6) is 0 Å². The molecule has 3 rings (SSSR count). The van der Waals surface area contributed by atoms with Gasteiger partial charge in [0.1, 0.15) is 5.82 Å². The minimum absolute atomic E-state index is 0.0506. The quantitative estimate of drug-likeness (QED) is 0.518. The third kappa shape index (κ3) is 6.37. The Labute approximate surface area is 182 Å². The number of esters is 1. The van der Waals surface area contributed by atoms with E-state index in [4.69, 9.17) is 16.3 Å². The molecule has 0 saturated carbocycles. The molecule has 1 aromatic heterocycles. The smallest absolute Gasteiger partial charge is 0.307 e. The molecule has 8 heteroatoms. The van der Waals surface area contributed by atoms with Crippen molar-refractivity contribution in [2.24, 2.45) is 0 Å². The average molecular weight is 447 g/mol. The van der Waals surface area contributed by atoms with E-state index in [0.717, 1.165) is 10.6 Å². The lowest BCUT2D eigenvalue weighted by Gasteiger charge is -2.18. The summed E-state index contributed by atoms with van der Waals surface area (Å²) in [4.78, 5) is 28.8. The van der Waals surface area contributed by atoms with Gasteiger partial charge in [-0.3, -0.25) is 9.59 Å². The number of hydrogen-bond acceptors (Lipinski definition) is 5. The molecule has 0 saturated heterocycles. The van der Waals surface area contributed by atoms with E-state index in [1.807, 2.05) is 29.6 Å². The van der Waals surface area contributed by atoms with Crippen molar-refractivity contribution >= 4 is 34.8 Å². The van der Waals surface area contributed by atoms with E-state index in [0.29, 0.717) is 22.7 Å². The van der Waals surface area contributed by atoms with Gasteiger partial charge in [0.05, 0.1) is 36.7 Å². The van der Waals surface area contributed by atoms with Gasteiger partial charge in [-0.05, 0) is 35.4 Å². The molecule has 0 spiro atoms. The monoisotopic (exact) mass is 446 g/mol. The number of amides is 1. The number of hydrogen-bond donors (Lipinski definition) is 1. The molecular formula is C22H20ClFN2O3S. The number of halogens is 2. The highest BCUT2D eigenvalue weighted by molar-refractivity contribution is 7.09. The van der Waals surface area contributed by atoms with Crippen LogP contribution < -0.4 is 5.32 Å². The van der Waals surface area contributed by atoms with E-state index in [1.54, 1.807) is 0 Å². The van der Waals surface area contributed by atoms with Crippen LogP contribution in [0.15, 0.2) is 53.9 Å². The van der Waals surface area contributed by atoms with Crippen molar-refractivity contribution in [3.05, 3.63) is 86.6 Å². The molecule has 3 aromatic rings. The summed E-state index contributed by atoms with van der Waals surface area (Å²) in [6.07, 6.45) is 0.656. The minimum atomic E-state index is -0.616. The van der Waals surface area contributed by atoms with Crippen LogP contribution in [-0.2, 0) is 27.2 Å². The molecule has 0 aliphatic rings. The second-order valence-corrected chi connectivity index (χ2v) is 8.05. The Balaban J connectivity index is 1.64. The molecular weight excluding hydrogens is 427 g/mol. The molecule has 0 bridgehead atoms. The molecule has 2 aromatic carbocycles. The molecule has 0 aliphatic heterocycles. The lowest BCUT2D eigenvalue weighted by molar-refractivity contribution is -0.141. The Kier molecular flexibility index (Phi) is 7.54. The SMILES string of the molecule is COC(=O)CC(NC(=O)Cc1csc(Cc2cccc(Cl)c2)n1)c1ccc(F)cc1. The fourth-order valence-corrected chi connectivity index (χ4v) is 3.98. The fraction of sp³-hybridized carbons (Fsp3) is 0.227. The van der Waals surface area contributed by atoms with E-state index in [-0.39, 0.29) is 18.7 Å². The molecule has 5 nitrogen and oxygen atoms in total. The first-order chi connectivity index (χ1) is 14.4. The maximum atomic E-state index is 13.2. The number of nitrogens with one attached hydrogen (secondary N) is 1. The Morgan fingerprint density at radius 2 is 2.00 bits per heavy atom. The van der Waals surface area contributed by atoms with Crippen molar-refractivity contribution < 1.29 is 18.7 Å². The summed E-state index contributed by atoms with van der Waals surface area (Å²) in [5.41, 5.74) is 2.31. The minimum Gasteiger partial charge on any atom is -0.469 e. The van der Waals surface area contributed by atoms with E-state index in [1.165, 1.54) is 42.7 Å². The molecule has 1 heterocycles. The van der Waals surface area contributed by atoms with Gasteiger partial charge in [-0.15, -0.1) is 11.3 Å². The van der Waals surface area contributed by atoms with Gasteiger partial charge < -0.3 is 10.1 Å². The van der Waals surface area contributed by atoms with Crippen LogP contribution in [0, 0.1) is 5.82 Å². The lowest BCUT2D eigenvalue weighted by Crippen LogP contribution is -2.31. The predicted molar refractivity (Wildman–Crippen MR) is 114 cm³/mol. The first kappa shape index (κ1) is 21.9. The molecule has 30 heavy (non-hydrogen) atoms. The van der Waals surface area contributed by atoms with Crippen molar-refractivity contribution in [3.63, 3.8) is 0 Å². The Hall–Kier alpha value is -2.77. The third-order valence-corrected chi connectivity index (χ3v) is 5.52. The third-order valence-electron chi connectivity index (χ3n) is 4.39. The summed E-state index contributed by atoms with van der Waals surface area (Å²) in [6, 6.07) is 12.6. The van der Waals surface area contributed by atoms with E-state index < -0.39 is 17.8 Å². The van der Waals surface area contributed by atoms with Gasteiger partial charge in [0.25, 0.3) is 0 Å². The van der Waals surface area contributed by atoms with Crippen molar-refractivity contribution in [3.8, 4) is 0 Å². The maximum absolute atomic E-state index is 13.2. The number of rotatable bonds is 8. The number of carbonyl (C=O) groups is 2. The molecule has 1 atom stereocenters. The van der Waals surface area contributed by atoms with E-state index >= 15 is 0 Å². The van der Waals surface area contributed by atoms with Crippen LogP contribution in [0.3, 0.4) is 0 Å². The zero-order chi connectivity index (χ0) is 21.5. The van der Waals surface area contributed by atoms with Crippen molar-refractivity contribution in [1.29, 1.82) is 0 Å². The number of thiazole rings is 1. The summed E-state index contributed by atoms with van der Waals surface area (Å²) in [5.74, 6) is -1.15. The van der Waals surface area contributed by atoms with Gasteiger partial charge >= 0.3 is 5.97 Å². The molecule has 156 valence electrons. The molecule has 1 unspecified atom stereocenters. The highest BCUT2D eigenvalue weighted by atomic mass is 35.5. The van der Waals surface area contributed by atoms with Crippen LogP contribution >= 0.6 is 22.9 Å². The molecule has 0 radical (unpaired) electrons. The maximum Gasteiger partial charge on any atom is 0.307 e. The zero-order valence-electron chi connectivity index (χ0n) is 16.2. The van der Waals surface area contributed by atoms with E-state index in [9.17, 15) is 14.0 Å². The summed E-state index contributed by atoms with van der Waals surface area (Å²) >= 11 is 7.49. The zero-order valence-corrected chi connectivity index (χ0v) is 17.8. The number of aromatic nitrogens is 1. The van der Waals surface area contributed by atoms with Gasteiger partial charge in [-0.1, -0.05) is 35.9 Å². The molecule has 0 aliphatic carbocycles. The van der Waals surface area contributed by atoms with Crippen LogP contribution in [0.4, 0.5) is 4.39 Å². The first-order valence-electron chi connectivity index (χ1n) is 9.22. The number of carbonyl (C=O) groups excluding carboxylic acids is 2. The Morgan fingerprint density at radius 3 is 2.70 bits per heavy atom. The topological polar surface area (TPSA) is 68.3 Å². The summed E-state index contributed by atoms with van der Waals surface area (Å²) in [7, 11) is 1.28. The summed E-state index contributed by atoms with van der Waals surface area (Å²) in [6.45, 7) is 0. The second kappa shape index (κ2) is 10.3. The predicted octanol–water partition coefficient (Wildman–Crippen LogP) is 4.49. The summed E-state index contributed by atoms with van der Waals surface area (Å²) in [5, 5.41) is 6.20. The Morgan fingerprint density at radius 1 is 1.23 bits per heavy atom. The molecule has 1 amide bonds. The van der Waals surface area contributed by atoms with Crippen molar-refractivity contribution in [2.45, 2.75) is 25.3 Å². The molecule has 0 fully saturated rings. The van der Waals surface area contributed by atoms with Gasteiger partial charge in [-0.25, -0.2) is 9.37 Å². The van der Waals surface area contributed by atoms with Crippen LogP contribution in [0.2, 0.25) is 5.02 Å². The van der Waals surface area contributed by atoms with Crippen molar-refractivity contribution in [2.75, 3.05) is 7.11 Å². The standard InChI is InChI=1S/C22H20ClFN2O3S/c1-29-22(28)12-19(15-5-7-17(24)8-6-15)26-20(27)11-18-13-30-21(25-18)10-14-3-2-4-16(23)9-14/h2-9,13,19H,10-12H2,1H3,(H,26,27). The average Bonchev–Trinajstić information content (AvgIpc) is 3.14. The van der Waals surface area contributed by atoms with Crippen LogP contribution in [-0.4, -0.2) is 24.0 Å². The van der Waals surface area contributed by atoms with Gasteiger partial charge in [0.15, 0.2) is 0 Å². The Bertz CT molecular complexity index is 1020. The number of benzene rings is 2. The van der Waals surface area contributed by atoms with Gasteiger partial charge in [0, 0.05) is 16.8 Å². The number of nitrogens with zero attached hydrogens (tertiary/aromatic N) is 1.